The molecule has 1 atom stereocenters. The van der Waals surface area contributed by atoms with E-state index < -0.39 is 0 Å². The number of likely N-dealkylation sites (N-methyl/N-ethyl adjacent to an activating group) is 1. The summed E-state index contributed by atoms with van der Waals surface area (Å²) >= 11 is 0. The van der Waals surface area contributed by atoms with E-state index in [0.717, 1.165) is 32.1 Å². The highest BCUT2D eigenvalue weighted by molar-refractivity contribution is 6.22. The highest BCUT2D eigenvalue weighted by atomic mass is 35.5. The van der Waals surface area contributed by atoms with E-state index in [0.29, 0.717) is 23.2 Å². The highest BCUT2D eigenvalue weighted by Crippen LogP contribution is 2.31. The van der Waals surface area contributed by atoms with Gasteiger partial charge in [0.2, 0.25) is 0 Å². The summed E-state index contributed by atoms with van der Waals surface area (Å²) in [6.07, 6.45) is 5.02. The van der Waals surface area contributed by atoms with Crippen molar-refractivity contribution < 1.29 is 14.4 Å². The third kappa shape index (κ3) is 3.91. The van der Waals surface area contributed by atoms with Crippen LogP contribution in [-0.4, -0.2) is 48.3 Å². The summed E-state index contributed by atoms with van der Waals surface area (Å²) in [5.41, 5.74) is 1.18. The maximum Gasteiger partial charge on any atom is 0.261 e. The Hall–Kier alpha value is -1.92. The van der Waals surface area contributed by atoms with Gasteiger partial charge in [0, 0.05) is 24.2 Å². The Morgan fingerprint density at radius 1 is 1.15 bits per heavy atom. The van der Waals surface area contributed by atoms with Crippen LogP contribution in [-0.2, 0) is 0 Å². The predicted molar refractivity (Wildman–Crippen MR) is 102 cm³/mol. The van der Waals surface area contributed by atoms with Gasteiger partial charge < -0.3 is 10.6 Å². The SMILES string of the molecule is CNC(C)CNC(=O)c1ccc2c(c1)C(=O)N(C1CCCCC1)C2=O.Cl. The summed E-state index contributed by atoms with van der Waals surface area (Å²) in [7, 11) is 1.83. The predicted octanol–water partition coefficient (Wildman–Crippen LogP) is 2.37. The lowest BCUT2D eigenvalue weighted by Gasteiger charge is -2.29. The van der Waals surface area contributed by atoms with Crippen LogP contribution in [0.25, 0.3) is 0 Å². The molecule has 3 amide bonds. The zero-order valence-corrected chi connectivity index (χ0v) is 16.0. The molecular formula is C19H26ClN3O3. The lowest BCUT2D eigenvalue weighted by atomic mass is 9.94. The van der Waals surface area contributed by atoms with Crippen LogP contribution in [0.1, 0.15) is 70.1 Å². The molecule has 1 aliphatic heterocycles. The average Bonchev–Trinajstić information content (AvgIpc) is 2.90. The van der Waals surface area contributed by atoms with Crippen molar-refractivity contribution in [3.05, 3.63) is 34.9 Å². The number of nitrogens with one attached hydrogen (secondary N) is 2. The number of nitrogens with zero attached hydrogens (tertiary/aromatic N) is 1. The Morgan fingerprint density at radius 2 is 1.81 bits per heavy atom. The Morgan fingerprint density at radius 3 is 2.46 bits per heavy atom. The summed E-state index contributed by atoms with van der Waals surface area (Å²) < 4.78 is 0. The van der Waals surface area contributed by atoms with Crippen molar-refractivity contribution >= 4 is 30.1 Å². The first-order valence-corrected chi connectivity index (χ1v) is 9.00. The van der Waals surface area contributed by atoms with E-state index in [4.69, 9.17) is 0 Å². The molecule has 0 saturated heterocycles. The van der Waals surface area contributed by atoms with Gasteiger partial charge in [0.25, 0.3) is 17.7 Å². The van der Waals surface area contributed by atoms with Crippen LogP contribution in [0.3, 0.4) is 0 Å². The van der Waals surface area contributed by atoms with Crippen LogP contribution in [0.15, 0.2) is 18.2 Å². The molecule has 0 aromatic heterocycles. The van der Waals surface area contributed by atoms with Crippen molar-refractivity contribution in [1.82, 2.24) is 15.5 Å². The fraction of sp³-hybridized carbons (Fsp3) is 0.526. The van der Waals surface area contributed by atoms with Crippen LogP contribution in [0.4, 0.5) is 0 Å². The van der Waals surface area contributed by atoms with Gasteiger partial charge in [-0.15, -0.1) is 12.4 Å². The second kappa shape index (κ2) is 8.64. The van der Waals surface area contributed by atoms with Gasteiger partial charge in [0.15, 0.2) is 0 Å². The molecule has 1 unspecified atom stereocenters. The third-order valence-corrected chi connectivity index (χ3v) is 5.18. The summed E-state index contributed by atoms with van der Waals surface area (Å²) in [5, 5.41) is 5.88. The maximum atomic E-state index is 12.8. The molecule has 1 aromatic rings. The largest absolute Gasteiger partial charge is 0.350 e. The third-order valence-electron chi connectivity index (χ3n) is 5.18. The Bertz CT molecular complexity index is 701. The molecule has 3 rings (SSSR count). The number of hydrogen-bond donors (Lipinski definition) is 2. The maximum absolute atomic E-state index is 12.8. The van der Waals surface area contributed by atoms with Crippen LogP contribution < -0.4 is 10.6 Å². The van der Waals surface area contributed by atoms with E-state index in [-0.39, 0.29) is 42.2 Å². The van der Waals surface area contributed by atoms with E-state index in [9.17, 15) is 14.4 Å². The lowest BCUT2D eigenvalue weighted by Crippen LogP contribution is -2.40. The lowest BCUT2D eigenvalue weighted by molar-refractivity contribution is 0.0549. The van der Waals surface area contributed by atoms with Crippen LogP contribution in [0.2, 0.25) is 0 Å². The average molecular weight is 380 g/mol. The second-order valence-corrected chi connectivity index (χ2v) is 6.93. The second-order valence-electron chi connectivity index (χ2n) is 6.93. The van der Waals surface area contributed by atoms with Crippen molar-refractivity contribution in [2.24, 2.45) is 0 Å². The molecule has 142 valence electrons. The molecule has 0 spiro atoms. The molecule has 6 nitrogen and oxygen atoms in total. The molecule has 0 bridgehead atoms. The summed E-state index contributed by atoms with van der Waals surface area (Å²) in [6.45, 7) is 2.46. The summed E-state index contributed by atoms with van der Waals surface area (Å²) in [4.78, 5) is 39.1. The molecule has 2 aliphatic rings. The Balaban J connectivity index is 0.00000243. The topological polar surface area (TPSA) is 78.5 Å². The van der Waals surface area contributed by atoms with E-state index in [2.05, 4.69) is 10.6 Å². The number of amides is 3. The van der Waals surface area contributed by atoms with E-state index in [1.54, 1.807) is 18.2 Å². The molecule has 26 heavy (non-hydrogen) atoms. The number of carbonyl (C=O) groups excluding carboxylic acids is 3. The fourth-order valence-electron chi connectivity index (χ4n) is 3.52. The monoisotopic (exact) mass is 379 g/mol. The number of imide groups is 1. The molecule has 1 heterocycles. The minimum absolute atomic E-state index is 0. The minimum Gasteiger partial charge on any atom is -0.350 e. The van der Waals surface area contributed by atoms with Crippen LogP contribution in [0.5, 0.6) is 0 Å². The molecule has 1 saturated carbocycles. The Labute approximate surface area is 160 Å². The fourth-order valence-corrected chi connectivity index (χ4v) is 3.52. The van der Waals surface area contributed by atoms with Crippen molar-refractivity contribution in [2.75, 3.05) is 13.6 Å². The molecule has 2 N–H and O–H groups in total. The Kier molecular flexibility index (Phi) is 6.78. The zero-order chi connectivity index (χ0) is 18.0. The van der Waals surface area contributed by atoms with Crippen LogP contribution in [0, 0.1) is 0 Å². The van der Waals surface area contributed by atoms with Crippen LogP contribution >= 0.6 is 12.4 Å². The van der Waals surface area contributed by atoms with Crippen molar-refractivity contribution in [1.29, 1.82) is 0 Å². The van der Waals surface area contributed by atoms with Gasteiger partial charge in [-0.25, -0.2) is 0 Å². The number of rotatable bonds is 5. The molecule has 7 heteroatoms. The van der Waals surface area contributed by atoms with Gasteiger partial charge >= 0.3 is 0 Å². The van der Waals surface area contributed by atoms with Crippen molar-refractivity contribution in [2.45, 2.75) is 51.1 Å². The number of halogens is 1. The van der Waals surface area contributed by atoms with Gasteiger partial charge in [-0.3, -0.25) is 19.3 Å². The van der Waals surface area contributed by atoms with Crippen molar-refractivity contribution in [3.8, 4) is 0 Å². The molecule has 1 aromatic carbocycles. The highest BCUT2D eigenvalue weighted by Gasteiger charge is 2.40. The smallest absolute Gasteiger partial charge is 0.261 e. The summed E-state index contributed by atoms with van der Waals surface area (Å²) in [5.74, 6) is -0.714. The molecular weight excluding hydrogens is 354 g/mol. The van der Waals surface area contributed by atoms with Crippen molar-refractivity contribution in [3.63, 3.8) is 0 Å². The first kappa shape index (κ1) is 20.4. The number of hydrogen-bond acceptors (Lipinski definition) is 4. The first-order valence-electron chi connectivity index (χ1n) is 9.00. The van der Waals surface area contributed by atoms with Gasteiger partial charge in [-0.05, 0) is 45.0 Å². The number of carbonyl (C=O) groups is 3. The minimum atomic E-state index is -0.259. The van der Waals surface area contributed by atoms with Gasteiger partial charge in [-0.2, -0.15) is 0 Å². The number of fused-ring (bicyclic) bond motifs is 1. The quantitative estimate of drug-likeness (QED) is 0.770. The van der Waals surface area contributed by atoms with E-state index >= 15 is 0 Å². The van der Waals surface area contributed by atoms with Gasteiger partial charge in [-0.1, -0.05) is 19.3 Å². The molecule has 1 aliphatic carbocycles. The molecule has 1 fully saturated rings. The first-order chi connectivity index (χ1) is 12.0. The van der Waals surface area contributed by atoms with Gasteiger partial charge in [0.05, 0.1) is 11.1 Å². The molecule has 0 radical (unpaired) electrons. The van der Waals surface area contributed by atoms with E-state index in [1.165, 1.54) is 4.90 Å². The van der Waals surface area contributed by atoms with E-state index in [1.807, 2.05) is 14.0 Å². The zero-order valence-electron chi connectivity index (χ0n) is 15.2. The standard InChI is InChI=1S/C19H25N3O3.ClH/c1-12(20-2)11-21-17(23)13-8-9-15-16(10-13)19(25)22(18(15)24)14-6-4-3-5-7-14;/h8-10,12,14,20H,3-7,11H2,1-2H3,(H,21,23);1H. The van der Waals surface area contributed by atoms with Gasteiger partial charge in [0.1, 0.15) is 0 Å². The summed E-state index contributed by atoms with van der Waals surface area (Å²) in [6, 6.07) is 4.93. The normalized spacial score (nSPS) is 18.3. The number of benzene rings is 1.